The molecule has 1 aliphatic rings. The van der Waals surface area contributed by atoms with Crippen molar-refractivity contribution in [3.63, 3.8) is 0 Å². The standard InChI is InChI=1S/C23H28N2O4/c1-16-8-9-18(14-17(16)2)23(27)24-19-10-12-25(13-11-19)22(26)15-29-21-7-5-4-6-20(21)28-3/h4-9,14,19H,10-13,15H2,1-3H3,(H,24,27). The van der Waals surface area contributed by atoms with Crippen LogP contribution in [0.5, 0.6) is 11.5 Å². The lowest BCUT2D eigenvalue weighted by atomic mass is 10.0. The molecule has 0 aliphatic carbocycles. The fourth-order valence-corrected chi connectivity index (χ4v) is 3.39. The molecule has 2 aromatic rings. The quantitative estimate of drug-likeness (QED) is 0.815. The van der Waals surface area contributed by atoms with Crippen molar-refractivity contribution in [2.24, 2.45) is 0 Å². The smallest absolute Gasteiger partial charge is 0.260 e. The maximum atomic E-state index is 12.5. The molecular weight excluding hydrogens is 368 g/mol. The van der Waals surface area contributed by atoms with Gasteiger partial charge in [-0.15, -0.1) is 0 Å². The Balaban J connectivity index is 1.46. The van der Waals surface area contributed by atoms with E-state index < -0.39 is 0 Å². The van der Waals surface area contributed by atoms with Gasteiger partial charge in [-0.3, -0.25) is 9.59 Å². The van der Waals surface area contributed by atoms with Crippen LogP contribution < -0.4 is 14.8 Å². The van der Waals surface area contributed by atoms with Gasteiger partial charge in [0, 0.05) is 24.7 Å². The van der Waals surface area contributed by atoms with E-state index in [4.69, 9.17) is 9.47 Å². The predicted octanol–water partition coefficient (Wildman–Crippen LogP) is 3.11. The summed E-state index contributed by atoms with van der Waals surface area (Å²) in [5.74, 6) is 1.04. The highest BCUT2D eigenvalue weighted by molar-refractivity contribution is 5.94. The van der Waals surface area contributed by atoms with Gasteiger partial charge in [0.25, 0.3) is 11.8 Å². The average Bonchev–Trinajstić information content (AvgIpc) is 2.74. The summed E-state index contributed by atoms with van der Waals surface area (Å²) >= 11 is 0. The predicted molar refractivity (Wildman–Crippen MR) is 111 cm³/mol. The summed E-state index contributed by atoms with van der Waals surface area (Å²) in [7, 11) is 1.57. The van der Waals surface area contributed by atoms with Crippen LogP contribution in [0.3, 0.4) is 0 Å². The molecule has 0 bridgehead atoms. The largest absolute Gasteiger partial charge is 0.493 e. The van der Waals surface area contributed by atoms with Crippen molar-refractivity contribution in [2.45, 2.75) is 32.7 Å². The van der Waals surface area contributed by atoms with Crippen molar-refractivity contribution in [2.75, 3.05) is 26.8 Å². The molecule has 0 saturated carbocycles. The zero-order valence-corrected chi connectivity index (χ0v) is 17.2. The van der Waals surface area contributed by atoms with Gasteiger partial charge in [-0.2, -0.15) is 0 Å². The molecule has 6 heteroatoms. The van der Waals surface area contributed by atoms with Crippen molar-refractivity contribution >= 4 is 11.8 Å². The monoisotopic (exact) mass is 396 g/mol. The number of aryl methyl sites for hydroxylation is 2. The number of hydrogen-bond donors (Lipinski definition) is 1. The number of benzene rings is 2. The molecule has 154 valence electrons. The third-order valence-corrected chi connectivity index (χ3v) is 5.37. The summed E-state index contributed by atoms with van der Waals surface area (Å²) in [5, 5.41) is 3.09. The number of nitrogens with zero attached hydrogens (tertiary/aromatic N) is 1. The molecule has 1 fully saturated rings. The molecule has 3 rings (SSSR count). The van der Waals surface area contributed by atoms with Gasteiger partial charge in [0.15, 0.2) is 18.1 Å². The zero-order valence-electron chi connectivity index (χ0n) is 17.2. The van der Waals surface area contributed by atoms with Crippen LogP contribution in [0, 0.1) is 13.8 Å². The van der Waals surface area contributed by atoms with E-state index in [0.29, 0.717) is 30.2 Å². The second-order valence-electron chi connectivity index (χ2n) is 7.37. The van der Waals surface area contributed by atoms with Gasteiger partial charge in [0.05, 0.1) is 7.11 Å². The lowest BCUT2D eigenvalue weighted by Gasteiger charge is -2.32. The minimum absolute atomic E-state index is 0.0277. The number of likely N-dealkylation sites (tertiary alicyclic amines) is 1. The Bertz CT molecular complexity index is 873. The highest BCUT2D eigenvalue weighted by atomic mass is 16.5. The Morgan fingerprint density at radius 1 is 1.03 bits per heavy atom. The first-order valence-corrected chi connectivity index (χ1v) is 9.89. The molecule has 0 spiro atoms. The summed E-state index contributed by atoms with van der Waals surface area (Å²) < 4.78 is 10.9. The molecular formula is C23H28N2O4. The van der Waals surface area contributed by atoms with Crippen LogP contribution in [0.4, 0.5) is 0 Å². The first kappa shape index (κ1) is 20.7. The van der Waals surface area contributed by atoms with E-state index >= 15 is 0 Å². The maximum Gasteiger partial charge on any atom is 0.260 e. The summed E-state index contributed by atoms with van der Waals surface area (Å²) in [6, 6.07) is 13.1. The number of carbonyl (C=O) groups excluding carboxylic acids is 2. The molecule has 1 saturated heterocycles. The van der Waals surface area contributed by atoms with Gasteiger partial charge in [-0.25, -0.2) is 0 Å². The second-order valence-corrected chi connectivity index (χ2v) is 7.37. The van der Waals surface area contributed by atoms with Crippen molar-refractivity contribution < 1.29 is 19.1 Å². The highest BCUT2D eigenvalue weighted by Crippen LogP contribution is 2.25. The Kier molecular flexibility index (Phi) is 6.75. The van der Waals surface area contributed by atoms with Gasteiger partial charge in [-0.05, 0) is 62.1 Å². The Morgan fingerprint density at radius 2 is 1.72 bits per heavy atom. The molecule has 0 unspecified atom stereocenters. The van der Waals surface area contributed by atoms with Crippen LogP contribution in [-0.4, -0.2) is 49.6 Å². The maximum absolute atomic E-state index is 12.5. The number of nitrogens with one attached hydrogen (secondary N) is 1. The molecule has 2 amide bonds. The number of para-hydroxylation sites is 2. The fraction of sp³-hybridized carbons (Fsp3) is 0.391. The molecule has 1 heterocycles. The van der Waals surface area contributed by atoms with Gasteiger partial charge >= 0.3 is 0 Å². The molecule has 1 aliphatic heterocycles. The van der Waals surface area contributed by atoms with Gasteiger partial charge in [-0.1, -0.05) is 18.2 Å². The first-order valence-electron chi connectivity index (χ1n) is 9.89. The molecule has 6 nitrogen and oxygen atoms in total. The molecule has 0 atom stereocenters. The minimum atomic E-state index is -0.0603. The van der Waals surface area contributed by atoms with E-state index in [2.05, 4.69) is 5.32 Å². The summed E-state index contributed by atoms with van der Waals surface area (Å²) in [5.41, 5.74) is 2.95. The molecule has 0 aromatic heterocycles. The average molecular weight is 396 g/mol. The second kappa shape index (κ2) is 9.45. The van der Waals surface area contributed by atoms with E-state index in [9.17, 15) is 9.59 Å². The molecule has 29 heavy (non-hydrogen) atoms. The number of amides is 2. The minimum Gasteiger partial charge on any atom is -0.493 e. The van der Waals surface area contributed by atoms with E-state index in [1.807, 2.05) is 44.2 Å². The van der Waals surface area contributed by atoms with Crippen LogP contribution in [0.2, 0.25) is 0 Å². The van der Waals surface area contributed by atoms with E-state index in [-0.39, 0.29) is 24.5 Å². The number of methoxy groups -OCH3 is 1. The van der Waals surface area contributed by atoms with Crippen LogP contribution in [0.25, 0.3) is 0 Å². The van der Waals surface area contributed by atoms with Crippen molar-refractivity contribution in [3.8, 4) is 11.5 Å². The summed E-state index contributed by atoms with van der Waals surface area (Å²) in [6.45, 7) is 5.21. The van der Waals surface area contributed by atoms with Crippen molar-refractivity contribution in [1.29, 1.82) is 0 Å². The fourth-order valence-electron chi connectivity index (χ4n) is 3.39. The molecule has 1 N–H and O–H groups in total. The number of piperidine rings is 1. The van der Waals surface area contributed by atoms with Crippen LogP contribution in [0.15, 0.2) is 42.5 Å². The number of hydrogen-bond acceptors (Lipinski definition) is 4. The molecule has 0 radical (unpaired) electrons. The van der Waals surface area contributed by atoms with Gasteiger partial charge < -0.3 is 19.7 Å². The third-order valence-electron chi connectivity index (χ3n) is 5.37. The Morgan fingerprint density at radius 3 is 2.38 bits per heavy atom. The van der Waals surface area contributed by atoms with E-state index in [0.717, 1.165) is 18.4 Å². The Labute approximate surface area is 171 Å². The van der Waals surface area contributed by atoms with Crippen LogP contribution in [0.1, 0.15) is 34.3 Å². The highest BCUT2D eigenvalue weighted by Gasteiger charge is 2.24. The SMILES string of the molecule is COc1ccccc1OCC(=O)N1CCC(NC(=O)c2ccc(C)c(C)c2)CC1. The van der Waals surface area contributed by atoms with Gasteiger partial charge in [0.1, 0.15) is 0 Å². The molecule has 2 aromatic carbocycles. The number of ether oxygens (including phenoxy) is 2. The summed E-state index contributed by atoms with van der Waals surface area (Å²) in [4.78, 5) is 26.7. The lowest BCUT2D eigenvalue weighted by molar-refractivity contribution is -0.134. The third kappa shape index (κ3) is 5.28. The zero-order chi connectivity index (χ0) is 20.8. The van der Waals surface area contributed by atoms with Crippen LogP contribution >= 0.6 is 0 Å². The van der Waals surface area contributed by atoms with Crippen molar-refractivity contribution in [1.82, 2.24) is 10.2 Å². The number of rotatable bonds is 6. The first-order chi connectivity index (χ1) is 14.0. The Hall–Kier alpha value is -3.02. The topological polar surface area (TPSA) is 67.9 Å². The van der Waals surface area contributed by atoms with Gasteiger partial charge in [0.2, 0.25) is 0 Å². The summed E-state index contributed by atoms with van der Waals surface area (Å²) in [6.07, 6.45) is 1.47. The van der Waals surface area contributed by atoms with E-state index in [1.54, 1.807) is 24.1 Å². The van der Waals surface area contributed by atoms with Crippen LogP contribution in [-0.2, 0) is 4.79 Å². The van der Waals surface area contributed by atoms with Crippen molar-refractivity contribution in [3.05, 3.63) is 59.2 Å². The number of carbonyl (C=O) groups is 2. The normalized spacial score (nSPS) is 14.4. The van der Waals surface area contributed by atoms with E-state index in [1.165, 1.54) is 5.56 Å². The lowest BCUT2D eigenvalue weighted by Crippen LogP contribution is -2.47.